The first-order valence-electron chi connectivity index (χ1n) is 5.72. The number of amides is 1. The Bertz CT molecular complexity index is 515. The average Bonchev–Trinajstić information content (AvgIpc) is 2.38. The van der Waals surface area contributed by atoms with E-state index in [0.717, 1.165) is 10.0 Å². The minimum atomic E-state index is -0.956. The summed E-state index contributed by atoms with van der Waals surface area (Å²) in [5, 5.41) is 2.78. The minimum Gasteiger partial charge on any atom is -0.467 e. The maximum absolute atomic E-state index is 12.1. The van der Waals surface area contributed by atoms with E-state index < -0.39 is 11.5 Å². The predicted molar refractivity (Wildman–Crippen MR) is 70.4 cm³/mol. The molecule has 1 aromatic rings. The maximum atomic E-state index is 12.1. The summed E-state index contributed by atoms with van der Waals surface area (Å²) in [6.07, 6.45) is 0.935. The molecule has 1 amide bonds. The molecule has 0 radical (unpaired) electrons. The second kappa shape index (κ2) is 4.72. The molecule has 0 aromatic heterocycles. The van der Waals surface area contributed by atoms with Crippen molar-refractivity contribution in [3.63, 3.8) is 0 Å². The van der Waals surface area contributed by atoms with Crippen LogP contribution in [-0.2, 0) is 16.0 Å². The summed E-state index contributed by atoms with van der Waals surface area (Å²) < 4.78 is 5.66. The largest absolute Gasteiger partial charge is 0.467 e. The zero-order valence-electron chi connectivity index (χ0n) is 10.2. The Kier molecular flexibility index (Phi) is 3.43. The molecule has 1 aliphatic heterocycles. The van der Waals surface area contributed by atoms with Crippen LogP contribution in [-0.4, -0.2) is 24.5 Å². The fourth-order valence-corrected chi connectivity index (χ4v) is 2.76. The third-order valence-corrected chi connectivity index (χ3v) is 4.12. The van der Waals surface area contributed by atoms with E-state index in [4.69, 9.17) is 4.74 Å². The number of halogens is 1. The SMILES string of the molecule is CCC1(C(=O)OC)Cc2c(Br)cccc2C(=O)N1. The average molecular weight is 312 g/mol. The first-order valence-corrected chi connectivity index (χ1v) is 6.51. The smallest absolute Gasteiger partial charge is 0.331 e. The summed E-state index contributed by atoms with van der Waals surface area (Å²) in [5.41, 5.74) is 0.508. The summed E-state index contributed by atoms with van der Waals surface area (Å²) >= 11 is 3.43. The molecule has 1 heterocycles. The van der Waals surface area contributed by atoms with Crippen molar-refractivity contribution in [2.24, 2.45) is 0 Å². The van der Waals surface area contributed by atoms with Gasteiger partial charge in [0.05, 0.1) is 7.11 Å². The van der Waals surface area contributed by atoms with E-state index in [1.807, 2.05) is 13.0 Å². The number of carbonyl (C=O) groups excluding carboxylic acids is 2. The lowest BCUT2D eigenvalue weighted by Crippen LogP contribution is -2.59. The van der Waals surface area contributed by atoms with Crippen molar-refractivity contribution in [3.8, 4) is 0 Å². The zero-order chi connectivity index (χ0) is 13.3. The minimum absolute atomic E-state index is 0.232. The van der Waals surface area contributed by atoms with E-state index in [1.165, 1.54) is 7.11 Å². The Morgan fingerprint density at radius 1 is 1.56 bits per heavy atom. The van der Waals surface area contributed by atoms with Crippen LogP contribution in [0.15, 0.2) is 22.7 Å². The van der Waals surface area contributed by atoms with Crippen molar-refractivity contribution in [2.45, 2.75) is 25.3 Å². The Hall–Kier alpha value is -1.36. The van der Waals surface area contributed by atoms with Gasteiger partial charge in [-0.3, -0.25) is 4.79 Å². The molecular weight excluding hydrogens is 298 g/mol. The number of carbonyl (C=O) groups is 2. The van der Waals surface area contributed by atoms with Gasteiger partial charge in [0.15, 0.2) is 0 Å². The lowest BCUT2D eigenvalue weighted by Gasteiger charge is -2.35. The molecule has 2 rings (SSSR count). The molecular formula is C13H14BrNO3. The van der Waals surface area contributed by atoms with Crippen molar-refractivity contribution < 1.29 is 14.3 Å². The van der Waals surface area contributed by atoms with E-state index in [9.17, 15) is 9.59 Å². The molecule has 96 valence electrons. The number of fused-ring (bicyclic) bond motifs is 1. The predicted octanol–water partition coefficient (Wildman–Crippen LogP) is 2.06. The number of methoxy groups -OCH3 is 1. The van der Waals surface area contributed by atoms with Crippen LogP contribution >= 0.6 is 15.9 Å². The van der Waals surface area contributed by atoms with E-state index in [2.05, 4.69) is 21.2 Å². The van der Waals surface area contributed by atoms with Gasteiger partial charge in [-0.25, -0.2) is 4.79 Å². The molecule has 1 aliphatic rings. The Morgan fingerprint density at radius 2 is 2.28 bits per heavy atom. The second-order valence-corrected chi connectivity index (χ2v) is 5.18. The van der Waals surface area contributed by atoms with Gasteiger partial charge in [-0.05, 0) is 24.1 Å². The Balaban J connectivity index is 2.52. The van der Waals surface area contributed by atoms with Gasteiger partial charge in [-0.15, -0.1) is 0 Å². The van der Waals surface area contributed by atoms with Crippen LogP contribution in [0.1, 0.15) is 29.3 Å². The molecule has 1 atom stereocenters. The molecule has 1 N–H and O–H groups in total. The van der Waals surface area contributed by atoms with Gasteiger partial charge in [-0.2, -0.15) is 0 Å². The summed E-state index contributed by atoms with van der Waals surface area (Å²) in [6, 6.07) is 5.43. The molecule has 4 nitrogen and oxygen atoms in total. The van der Waals surface area contributed by atoms with Crippen LogP contribution in [0.5, 0.6) is 0 Å². The molecule has 5 heteroatoms. The van der Waals surface area contributed by atoms with Gasteiger partial charge in [0.2, 0.25) is 0 Å². The van der Waals surface area contributed by atoms with E-state index in [-0.39, 0.29) is 5.91 Å². The lowest BCUT2D eigenvalue weighted by molar-refractivity contribution is -0.148. The van der Waals surface area contributed by atoms with Crippen LogP contribution < -0.4 is 5.32 Å². The quantitative estimate of drug-likeness (QED) is 0.851. The van der Waals surface area contributed by atoms with Crippen molar-refractivity contribution in [3.05, 3.63) is 33.8 Å². The van der Waals surface area contributed by atoms with E-state index in [1.54, 1.807) is 12.1 Å². The highest BCUT2D eigenvalue weighted by atomic mass is 79.9. The van der Waals surface area contributed by atoms with Crippen molar-refractivity contribution in [1.29, 1.82) is 0 Å². The van der Waals surface area contributed by atoms with Crippen molar-refractivity contribution >= 4 is 27.8 Å². The van der Waals surface area contributed by atoms with Crippen LogP contribution in [0.4, 0.5) is 0 Å². The van der Waals surface area contributed by atoms with Crippen molar-refractivity contribution in [1.82, 2.24) is 5.32 Å². The Labute approximate surface area is 114 Å². The van der Waals surface area contributed by atoms with Gasteiger partial charge < -0.3 is 10.1 Å². The van der Waals surface area contributed by atoms with Gasteiger partial charge in [-0.1, -0.05) is 28.9 Å². The molecule has 0 bridgehead atoms. The highest BCUT2D eigenvalue weighted by molar-refractivity contribution is 9.10. The van der Waals surface area contributed by atoms with Crippen LogP contribution in [0.3, 0.4) is 0 Å². The molecule has 0 fully saturated rings. The molecule has 1 unspecified atom stereocenters. The van der Waals surface area contributed by atoms with Crippen LogP contribution in [0.2, 0.25) is 0 Å². The number of hydrogen-bond acceptors (Lipinski definition) is 3. The molecule has 0 spiro atoms. The van der Waals surface area contributed by atoms with Crippen LogP contribution in [0.25, 0.3) is 0 Å². The summed E-state index contributed by atoms with van der Waals surface area (Å²) in [4.78, 5) is 24.0. The topological polar surface area (TPSA) is 55.4 Å². The first kappa shape index (κ1) is 13.1. The normalized spacial score (nSPS) is 22.1. The molecule has 0 saturated heterocycles. The lowest BCUT2D eigenvalue weighted by atomic mass is 9.82. The summed E-state index contributed by atoms with van der Waals surface area (Å²) in [5.74, 6) is -0.635. The molecule has 18 heavy (non-hydrogen) atoms. The zero-order valence-corrected chi connectivity index (χ0v) is 11.8. The fraction of sp³-hybridized carbons (Fsp3) is 0.385. The third kappa shape index (κ3) is 1.92. The molecule has 0 saturated carbocycles. The standard InChI is InChI=1S/C13H14BrNO3/c1-3-13(12(17)18-2)7-9-8(11(16)15-13)5-4-6-10(9)14/h4-6H,3,7H2,1-2H3,(H,15,16). The number of ether oxygens (including phenoxy) is 1. The number of hydrogen-bond donors (Lipinski definition) is 1. The number of rotatable bonds is 2. The fourth-order valence-electron chi connectivity index (χ4n) is 2.26. The van der Waals surface area contributed by atoms with Gasteiger partial charge in [0.1, 0.15) is 5.54 Å². The van der Waals surface area contributed by atoms with Crippen molar-refractivity contribution in [2.75, 3.05) is 7.11 Å². The number of esters is 1. The van der Waals surface area contributed by atoms with Gasteiger partial charge >= 0.3 is 5.97 Å². The van der Waals surface area contributed by atoms with Gasteiger partial charge in [0.25, 0.3) is 5.91 Å². The second-order valence-electron chi connectivity index (χ2n) is 4.32. The highest BCUT2D eigenvalue weighted by Crippen LogP contribution is 2.31. The maximum Gasteiger partial charge on any atom is 0.331 e. The van der Waals surface area contributed by atoms with Crippen LogP contribution in [0, 0.1) is 0 Å². The van der Waals surface area contributed by atoms with Gasteiger partial charge in [0, 0.05) is 16.5 Å². The summed E-state index contributed by atoms with van der Waals surface area (Å²) in [7, 11) is 1.33. The summed E-state index contributed by atoms with van der Waals surface area (Å²) in [6.45, 7) is 1.86. The Morgan fingerprint density at radius 3 is 2.89 bits per heavy atom. The molecule has 1 aromatic carbocycles. The van der Waals surface area contributed by atoms with E-state index in [0.29, 0.717) is 18.4 Å². The molecule has 0 aliphatic carbocycles. The van der Waals surface area contributed by atoms with E-state index >= 15 is 0 Å². The number of nitrogens with one attached hydrogen (secondary N) is 1. The number of benzene rings is 1. The highest BCUT2D eigenvalue weighted by Gasteiger charge is 2.44. The first-order chi connectivity index (χ1) is 8.54. The third-order valence-electron chi connectivity index (χ3n) is 3.37. The monoisotopic (exact) mass is 311 g/mol.